The highest BCUT2D eigenvalue weighted by Crippen LogP contribution is 1.97. The smallest absolute Gasteiger partial charge is 0.0700 e. The Kier molecular flexibility index (Phi) is 13.5. The minimum atomic E-state index is 0.293. The fraction of sp³-hybridized carbons (Fsp3) is 1.00. The minimum absolute atomic E-state index is 0.293. The molecule has 0 aliphatic carbocycles. The van der Waals surface area contributed by atoms with Gasteiger partial charge < -0.3 is 14.2 Å². The summed E-state index contributed by atoms with van der Waals surface area (Å²) in [6.45, 7) is 7.79. The Morgan fingerprint density at radius 1 is 1.00 bits per heavy atom. The highest BCUT2D eigenvalue weighted by atomic mass is 32.1. The fourth-order valence-electron chi connectivity index (χ4n) is 1.26. The molecule has 0 aromatic carbocycles. The average Bonchev–Trinajstić information content (AvgIpc) is 2.27. The van der Waals surface area contributed by atoms with Crippen LogP contribution in [-0.4, -0.2) is 44.9 Å². The lowest BCUT2D eigenvalue weighted by Gasteiger charge is -2.11. The molecule has 0 radical (unpaired) electrons. The molecule has 3 nitrogen and oxygen atoms in total. The maximum absolute atomic E-state index is 5.44. The van der Waals surface area contributed by atoms with E-state index in [4.69, 9.17) is 14.2 Å². The Morgan fingerprint density at radius 3 is 2.31 bits per heavy atom. The van der Waals surface area contributed by atoms with Gasteiger partial charge in [-0.25, -0.2) is 0 Å². The van der Waals surface area contributed by atoms with Crippen molar-refractivity contribution in [1.29, 1.82) is 0 Å². The number of rotatable bonds is 12. The van der Waals surface area contributed by atoms with Crippen LogP contribution in [0.4, 0.5) is 0 Å². The molecule has 1 atom stereocenters. The van der Waals surface area contributed by atoms with Crippen LogP contribution in [0.5, 0.6) is 0 Å². The van der Waals surface area contributed by atoms with Crippen LogP contribution in [0.2, 0.25) is 0 Å². The van der Waals surface area contributed by atoms with Gasteiger partial charge in [-0.2, -0.15) is 12.6 Å². The lowest BCUT2D eigenvalue weighted by Crippen LogP contribution is -2.13. The van der Waals surface area contributed by atoms with Gasteiger partial charge >= 0.3 is 0 Å². The summed E-state index contributed by atoms with van der Waals surface area (Å²) in [6.07, 6.45) is 3.45. The lowest BCUT2D eigenvalue weighted by atomic mass is 10.3. The van der Waals surface area contributed by atoms with Crippen molar-refractivity contribution < 1.29 is 14.2 Å². The third-order valence-corrected chi connectivity index (χ3v) is 2.50. The van der Waals surface area contributed by atoms with Crippen molar-refractivity contribution >= 4 is 12.6 Å². The van der Waals surface area contributed by atoms with Crippen molar-refractivity contribution in [3.63, 3.8) is 0 Å². The van der Waals surface area contributed by atoms with E-state index in [0.717, 1.165) is 44.8 Å². The molecule has 0 saturated heterocycles. The fourth-order valence-corrected chi connectivity index (χ4v) is 1.48. The van der Waals surface area contributed by atoms with Gasteiger partial charge in [0.2, 0.25) is 0 Å². The zero-order valence-electron chi connectivity index (χ0n) is 10.6. The van der Waals surface area contributed by atoms with E-state index in [1.165, 1.54) is 0 Å². The van der Waals surface area contributed by atoms with E-state index in [9.17, 15) is 0 Å². The largest absolute Gasteiger partial charge is 0.379 e. The van der Waals surface area contributed by atoms with E-state index >= 15 is 0 Å². The molecular weight excluding hydrogens is 224 g/mol. The maximum Gasteiger partial charge on any atom is 0.0700 e. The van der Waals surface area contributed by atoms with Gasteiger partial charge in [0, 0.05) is 19.8 Å². The van der Waals surface area contributed by atoms with Crippen LogP contribution in [0.3, 0.4) is 0 Å². The molecule has 0 aromatic rings. The van der Waals surface area contributed by atoms with Crippen LogP contribution in [0.1, 0.15) is 33.1 Å². The molecule has 0 saturated carbocycles. The molecule has 0 heterocycles. The van der Waals surface area contributed by atoms with E-state index in [0.29, 0.717) is 19.3 Å². The summed E-state index contributed by atoms with van der Waals surface area (Å²) in [6, 6.07) is 0. The first-order chi connectivity index (χ1) is 7.81. The summed E-state index contributed by atoms with van der Waals surface area (Å²) < 4.78 is 16.2. The van der Waals surface area contributed by atoms with Crippen LogP contribution in [0.15, 0.2) is 0 Å². The summed E-state index contributed by atoms with van der Waals surface area (Å²) in [4.78, 5) is 0. The number of ether oxygens (including phenoxy) is 3. The SMILES string of the molecule is CCOC(C)CCOCCOCCCCS. The van der Waals surface area contributed by atoms with Gasteiger partial charge in [0.25, 0.3) is 0 Å². The molecule has 4 heteroatoms. The zero-order chi connectivity index (χ0) is 12.1. The predicted octanol–water partition coefficient (Wildman–Crippen LogP) is 2.54. The quantitative estimate of drug-likeness (QED) is 0.426. The van der Waals surface area contributed by atoms with Gasteiger partial charge in [0.05, 0.1) is 19.3 Å². The standard InChI is InChI=1S/C12H26O3S/c1-3-15-12(2)6-8-14-10-9-13-7-4-5-11-16/h12,16H,3-11H2,1-2H3. The van der Waals surface area contributed by atoms with Crippen molar-refractivity contribution in [2.24, 2.45) is 0 Å². The van der Waals surface area contributed by atoms with Crippen molar-refractivity contribution in [3.05, 3.63) is 0 Å². The van der Waals surface area contributed by atoms with Crippen molar-refractivity contribution in [2.45, 2.75) is 39.2 Å². The van der Waals surface area contributed by atoms with E-state index in [1.54, 1.807) is 0 Å². The Bertz CT molecular complexity index is 133. The molecule has 0 amide bonds. The first-order valence-corrected chi connectivity index (χ1v) is 6.82. The molecule has 16 heavy (non-hydrogen) atoms. The molecule has 0 aromatic heterocycles. The van der Waals surface area contributed by atoms with Crippen LogP contribution in [-0.2, 0) is 14.2 Å². The molecule has 98 valence electrons. The van der Waals surface area contributed by atoms with E-state index in [2.05, 4.69) is 19.6 Å². The highest BCUT2D eigenvalue weighted by molar-refractivity contribution is 7.80. The molecule has 0 N–H and O–H groups in total. The Hall–Kier alpha value is 0.230. The molecule has 0 bridgehead atoms. The Balaban J connectivity index is 2.98. The summed E-state index contributed by atoms with van der Waals surface area (Å²) >= 11 is 4.14. The van der Waals surface area contributed by atoms with Crippen molar-refractivity contribution in [1.82, 2.24) is 0 Å². The average molecular weight is 250 g/mol. The van der Waals surface area contributed by atoms with Gasteiger partial charge in [-0.3, -0.25) is 0 Å². The molecule has 0 rings (SSSR count). The van der Waals surface area contributed by atoms with Crippen LogP contribution in [0.25, 0.3) is 0 Å². The van der Waals surface area contributed by atoms with Gasteiger partial charge in [0.15, 0.2) is 0 Å². The van der Waals surface area contributed by atoms with Gasteiger partial charge in [-0.05, 0) is 38.9 Å². The molecular formula is C12H26O3S. The third-order valence-electron chi connectivity index (χ3n) is 2.19. The zero-order valence-corrected chi connectivity index (χ0v) is 11.5. The van der Waals surface area contributed by atoms with Gasteiger partial charge in [-0.15, -0.1) is 0 Å². The number of thiol groups is 1. The predicted molar refractivity (Wildman–Crippen MR) is 70.4 cm³/mol. The van der Waals surface area contributed by atoms with Crippen LogP contribution in [0, 0.1) is 0 Å². The maximum atomic E-state index is 5.44. The van der Waals surface area contributed by atoms with E-state index in [1.807, 2.05) is 6.92 Å². The number of unbranched alkanes of at least 4 members (excludes halogenated alkanes) is 1. The van der Waals surface area contributed by atoms with Gasteiger partial charge in [0.1, 0.15) is 0 Å². The second kappa shape index (κ2) is 13.3. The monoisotopic (exact) mass is 250 g/mol. The lowest BCUT2D eigenvalue weighted by molar-refractivity contribution is 0.0158. The summed E-state index contributed by atoms with van der Waals surface area (Å²) in [5, 5.41) is 0. The first kappa shape index (κ1) is 16.2. The second-order valence-electron chi connectivity index (χ2n) is 3.71. The molecule has 0 spiro atoms. The summed E-state index contributed by atoms with van der Waals surface area (Å²) in [5.41, 5.74) is 0. The normalized spacial score (nSPS) is 12.9. The number of hydrogen-bond donors (Lipinski definition) is 1. The highest BCUT2D eigenvalue weighted by Gasteiger charge is 1.99. The second-order valence-corrected chi connectivity index (χ2v) is 4.16. The topological polar surface area (TPSA) is 27.7 Å². The van der Waals surface area contributed by atoms with E-state index in [-0.39, 0.29) is 0 Å². The van der Waals surface area contributed by atoms with E-state index < -0.39 is 0 Å². The van der Waals surface area contributed by atoms with Crippen LogP contribution >= 0.6 is 12.6 Å². The number of hydrogen-bond acceptors (Lipinski definition) is 4. The van der Waals surface area contributed by atoms with Gasteiger partial charge in [-0.1, -0.05) is 0 Å². The summed E-state index contributed by atoms with van der Waals surface area (Å²) in [5.74, 6) is 0.940. The molecule has 0 fully saturated rings. The molecule has 0 aliphatic rings. The Labute approximate surface area is 105 Å². The van der Waals surface area contributed by atoms with Crippen molar-refractivity contribution in [2.75, 3.05) is 38.8 Å². The first-order valence-electron chi connectivity index (χ1n) is 6.19. The van der Waals surface area contributed by atoms with Crippen molar-refractivity contribution in [3.8, 4) is 0 Å². The minimum Gasteiger partial charge on any atom is -0.379 e. The van der Waals surface area contributed by atoms with Crippen LogP contribution < -0.4 is 0 Å². The third kappa shape index (κ3) is 12.3. The molecule has 0 aliphatic heterocycles. The summed E-state index contributed by atoms with van der Waals surface area (Å²) in [7, 11) is 0. The Morgan fingerprint density at radius 2 is 1.69 bits per heavy atom. The molecule has 1 unspecified atom stereocenters.